The van der Waals surface area contributed by atoms with E-state index in [0.717, 1.165) is 17.6 Å². The molecular weight excluding hydrogens is 520 g/mol. The lowest BCUT2D eigenvalue weighted by Gasteiger charge is -2.30. The van der Waals surface area contributed by atoms with Gasteiger partial charge in [0.15, 0.2) is 0 Å². The number of rotatable bonds is 2. The lowest BCUT2D eigenvalue weighted by molar-refractivity contribution is 0.664. The van der Waals surface area contributed by atoms with Crippen molar-refractivity contribution in [2.45, 2.75) is 11.8 Å². The van der Waals surface area contributed by atoms with Gasteiger partial charge in [0.2, 0.25) is 0 Å². The van der Waals surface area contributed by atoms with Gasteiger partial charge in [0.05, 0.1) is 5.41 Å². The molecule has 0 fully saturated rings. The average Bonchev–Trinajstić information content (AvgIpc) is 3.70. The molecule has 0 atom stereocenters. The highest BCUT2D eigenvalue weighted by Crippen LogP contribution is 2.63. The zero-order valence-electron chi connectivity index (χ0n) is 23.5. The van der Waals surface area contributed by atoms with Crippen molar-refractivity contribution in [3.05, 3.63) is 179 Å². The van der Waals surface area contributed by atoms with Gasteiger partial charge in [-0.05, 0) is 72.5 Å². The molecule has 0 N–H and O–H groups in total. The normalized spacial score (nSPS) is 13.9. The lowest BCUT2D eigenvalue weighted by atomic mass is 9.70. The third-order valence-corrected chi connectivity index (χ3v) is 9.96. The molecule has 0 radical (unpaired) electrons. The van der Waals surface area contributed by atoms with Crippen molar-refractivity contribution in [2.24, 2.45) is 0 Å². The molecule has 7 aromatic carbocycles. The van der Waals surface area contributed by atoms with Crippen molar-refractivity contribution in [3.8, 4) is 22.3 Å². The van der Waals surface area contributed by atoms with Crippen molar-refractivity contribution in [2.75, 3.05) is 0 Å². The first-order chi connectivity index (χ1) is 21.3. The summed E-state index contributed by atoms with van der Waals surface area (Å²) in [6.45, 7) is 0. The number of hydrogen-bond acceptors (Lipinski definition) is 1. The number of hydrogen-bond donors (Lipinski definition) is 0. The highest BCUT2D eigenvalue weighted by Gasteiger charge is 2.51. The summed E-state index contributed by atoms with van der Waals surface area (Å²) < 4.78 is 6.64. The highest BCUT2D eigenvalue weighted by atomic mass is 16.3. The zero-order chi connectivity index (χ0) is 28.1. The van der Waals surface area contributed by atoms with Gasteiger partial charge in [0.1, 0.15) is 11.2 Å². The Morgan fingerprint density at radius 2 is 1.02 bits per heavy atom. The summed E-state index contributed by atoms with van der Waals surface area (Å²) in [6.07, 6.45) is 0.798. The minimum absolute atomic E-state index is 0.320. The second-order valence-electron chi connectivity index (χ2n) is 12.0. The molecule has 200 valence electrons. The molecule has 1 heterocycles. The summed E-state index contributed by atoms with van der Waals surface area (Å²) in [5.74, 6) is 0. The molecule has 0 bridgehead atoms. The van der Waals surface area contributed by atoms with Crippen molar-refractivity contribution >= 4 is 32.7 Å². The molecule has 0 amide bonds. The molecule has 0 unspecified atom stereocenters. The smallest absolute Gasteiger partial charge is 0.138 e. The Morgan fingerprint density at radius 1 is 0.442 bits per heavy atom. The molecule has 2 aliphatic rings. The minimum atomic E-state index is -0.320. The Bertz CT molecular complexity index is 2390. The second-order valence-corrected chi connectivity index (χ2v) is 12.0. The van der Waals surface area contributed by atoms with E-state index in [1.165, 1.54) is 77.2 Å². The molecule has 8 aromatic rings. The van der Waals surface area contributed by atoms with Crippen molar-refractivity contribution in [3.63, 3.8) is 0 Å². The quantitative estimate of drug-likeness (QED) is 0.210. The van der Waals surface area contributed by atoms with E-state index in [2.05, 4.69) is 146 Å². The van der Waals surface area contributed by atoms with E-state index in [1.54, 1.807) is 0 Å². The first-order valence-corrected chi connectivity index (χ1v) is 15.1. The van der Waals surface area contributed by atoms with Crippen LogP contribution in [0.15, 0.2) is 150 Å². The van der Waals surface area contributed by atoms with Gasteiger partial charge in [0, 0.05) is 17.2 Å². The highest BCUT2D eigenvalue weighted by molar-refractivity contribution is 6.19. The summed E-state index contributed by atoms with van der Waals surface area (Å²) in [5, 5.41) is 4.87. The van der Waals surface area contributed by atoms with Gasteiger partial charge < -0.3 is 4.42 Å². The molecule has 1 spiro atoms. The summed E-state index contributed by atoms with van der Waals surface area (Å²) in [4.78, 5) is 0. The maximum absolute atomic E-state index is 6.64. The van der Waals surface area contributed by atoms with Crippen LogP contribution in [0.3, 0.4) is 0 Å². The first-order valence-electron chi connectivity index (χ1n) is 15.1. The molecule has 10 rings (SSSR count). The Kier molecular flexibility index (Phi) is 4.50. The Hall–Kier alpha value is -5.40. The van der Waals surface area contributed by atoms with Crippen LogP contribution in [0.5, 0.6) is 0 Å². The van der Waals surface area contributed by atoms with Crippen LogP contribution in [0.1, 0.15) is 33.4 Å². The van der Waals surface area contributed by atoms with Crippen LogP contribution in [-0.4, -0.2) is 0 Å². The van der Waals surface area contributed by atoms with Gasteiger partial charge >= 0.3 is 0 Å². The monoisotopic (exact) mass is 546 g/mol. The predicted molar refractivity (Wildman–Crippen MR) is 177 cm³/mol. The average molecular weight is 547 g/mol. The van der Waals surface area contributed by atoms with Gasteiger partial charge in [-0.1, -0.05) is 140 Å². The molecule has 43 heavy (non-hydrogen) atoms. The number of fused-ring (bicyclic) bond motifs is 15. The Balaban J connectivity index is 1.23. The number of para-hydroxylation sites is 1. The van der Waals surface area contributed by atoms with Crippen LogP contribution in [0.25, 0.3) is 55.0 Å². The van der Waals surface area contributed by atoms with E-state index in [1.807, 2.05) is 0 Å². The molecule has 1 nitrogen and oxygen atoms in total. The fourth-order valence-electron chi connectivity index (χ4n) is 8.34. The van der Waals surface area contributed by atoms with Crippen LogP contribution >= 0.6 is 0 Å². The van der Waals surface area contributed by atoms with Crippen molar-refractivity contribution in [1.29, 1.82) is 0 Å². The van der Waals surface area contributed by atoms with E-state index in [4.69, 9.17) is 4.42 Å². The molecular formula is C42H26O. The largest absolute Gasteiger partial charge is 0.456 e. The number of furan rings is 1. The molecule has 2 aliphatic carbocycles. The van der Waals surface area contributed by atoms with Crippen molar-refractivity contribution in [1.82, 2.24) is 0 Å². The molecule has 0 saturated heterocycles. The van der Waals surface area contributed by atoms with E-state index in [-0.39, 0.29) is 5.41 Å². The van der Waals surface area contributed by atoms with E-state index < -0.39 is 0 Å². The summed E-state index contributed by atoms with van der Waals surface area (Å²) in [5.41, 5.74) is 15.1. The lowest BCUT2D eigenvalue weighted by Crippen LogP contribution is -2.25. The van der Waals surface area contributed by atoms with Gasteiger partial charge in [-0.3, -0.25) is 0 Å². The van der Waals surface area contributed by atoms with Gasteiger partial charge in [-0.15, -0.1) is 0 Å². The summed E-state index contributed by atoms with van der Waals surface area (Å²) in [6, 6.07) is 53.5. The van der Waals surface area contributed by atoms with E-state index >= 15 is 0 Å². The molecule has 1 aromatic heterocycles. The summed E-state index contributed by atoms with van der Waals surface area (Å²) in [7, 11) is 0. The van der Waals surface area contributed by atoms with Crippen LogP contribution < -0.4 is 0 Å². The third-order valence-electron chi connectivity index (χ3n) is 9.96. The van der Waals surface area contributed by atoms with E-state index in [9.17, 15) is 0 Å². The summed E-state index contributed by atoms with van der Waals surface area (Å²) >= 11 is 0. The van der Waals surface area contributed by atoms with Crippen molar-refractivity contribution < 1.29 is 4.42 Å². The second kappa shape index (κ2) is 8.33. The maximum atomic E-state index is 6.64. The first kappa shape index (κ1) is 23.2. The third kappa shape index (κ3) is 2.87. The van der Waals surface area contributed by atoms with Gasteiger partial charge in [-0.2, -0.15) is 0 Å². The van der Waals surface area contributed by atoms with Gasteiger partial charge in [-0.25, -0.2) is 0 Å². The fourth-order valence-corrected chi connectivity index (χ4v) is 8.34. The Labute approximate surface area is 249 Å². The van der Waals surface area contributed by atoms with Crippen LogP contribution in [0.4, 0.5) is 0 Å². The van der Waals surface area contributed by atoms with Crippen LogP contribution in [0.2, 0.25) is 0 Å². The predicted octanol–water partition coefficient (Wildman–Crippen LogP) is 10.7. The topological polar surface area (TPSA) is 13.1 Å². The Morgan fingerprint density at radius 3 is 1.81 bits per heavy atom. The zero-order valence-corrected chi connectivity index (χ0v) is 23.5. The standard InChI is InChI=1S/C42H26O/c1-2-14-29-26(11-1)23-24-38-40(29)33-18-9-13-28(41(33)43-38)25-27-12-10-22-37-39(27)32-17-5-8-21-36(32)42(37)34-19-6-3-15-30(34)31-16-4-7-20-35(31)42/h1-24H,25H2. The SMILES string of the molecule is c1ccc2c(c1)-c1ccccc1C21c2ccccc2-c2c(Cc3cccc4c3oc3ccc5ccccc5c34)cccc21. The molecule has 0 saturated carbocycles. The number of benzene rings is 7. The maximum Gasteiger partial charge on any atom is 0.138 e. The minimum Gasteiger partial charge on any atom is -0.456 e. The van der Waals surface area contributed by atoms with Crippen LogP contribution in [0, 0.1) is 0 Å². The van der Waals surface area contributed by atoms with E-state index in [0.29, 0.717) is 0 Å². The fraction of sp³-hybridized carbons (Fsp3) is 0.0476. The van der Waals surface area contributed by atoms with Gasteiger partial charge in [0.25, 0.3) is 0 Å². The molecule has 0 aliphatic heterocycles. The van der Waals surface area contributed by atoms with Crippen LogP contribution in [-0.2, 0) is 11.8 Å². The molecule has 1 heteroatoms.